The van der Waals surface area contributed by atoms with Crippen molar-refractivity contribution in [3.8, 4) is 0 Å². The second-order valence-electron chi connectivity index (χ2n) is 4.27. The minimum atomic E-state index is -0.157. The second-order valence-corrected chi connectivity index (χ2v) is 4.27. The second kappa shape index (κ2) is 10.3. The Bertz CT molecular complexity index is 371. The maximum Gasteiger partial charge on any atom is 0.305 e. The average molecular weight is 262 g/mol. The molecule has 0 spiro atoms. The van der Waals surface area contributed by atoms with Gasteiger partial charge in [0.25, 0.3) is 0 Å². The highest BCUT2D eigenvalue weighted by Crippen LogP contribution is 2.02. The molecule has 0 amide bonds. The Morgan fingerprint density at radius 2 is 1.89 bits per heavy atom. The Balaban J connectivity index is 1.94. The molecule has 0 unspecified atom stereocenters. The first-order valence-electron chi connectivity index (χ1n) is 6.66. The smallest absolute Gasteiger partial charge is 0.305 e. The average Bonchev–Trinajstić information content (AvgIpc) is 2.46. The van der Waals surface area contributed by atoms with Crippen LogP contribution < -0.4 is 0 Å². The minimum absolute atomic E-state index is 0.157. The van der Waals surface area contributed by atoms with Gasteiger partial charge in [-0.05, 0) is 24.8 Å². The lowest BCUT2D eigenvalue weighted by molar-refractivity contribution is -0.140. The molecule has 1 aromatic rings. The third-order valence-electron chi connectivity index (χ3n) is 2.68. The fraction of sp³-hybridized carbons (Fsp3) is 0.438. The molecule has 19 heavy (non-hydrogen) atoms. The van der Waals surface area contributed by atoms with E-state index in [1.54, 1.807) is 0 Å². The van der Waals surface area contributed by atoms with E-state index < -0.39 is 0 Å². The van der Waals surface area contributed by atoms with Crippen LogP contribution in [0.1, 0.15) is 31.2 Å². The molecule has 0 atom stereocenters. The number of hydrogen-bond acceptors (Lipinski definition) is 3. The zero-order valence-electron chi connectivity index (χ0n) is 11.5. The number of allylic oxidation sites excluding steroid dienone is 2. The van der Waals surface area contributed by atoms with E-state index in [4.69, 9.17) is 4.74 Å². The SMILES string of the molecule is COC(=O)CC/C=C/CCCOCc1ccccc1. The Kier molecular flexibility index (Phi) is 8.39. The maximum absolute atomic E-state index is 10.8. The molecule has 0 N–H and O–H groups in total. The molecule has 0 saturated carbocycles. The van der Waals surface area contributed by atoms with Crippen LogP contribution in [-0.4, -0.2) is 19.7 Å². The van der Waals surface area contributed by atoms with Crippen LogP contribution in [0.2, 0.25) is 0 Å². The van der Waals surface area contributed by atoms with Crippen LogP contribution in [-0.2, 0) is 20.9 Å². The van der Waals surface area contributed by atoms with Crippen molar-refractivity contribution in [3.05, 3.63) is 48.0 Å². The fourth-order valence-electron chi connectivity index (χ4n) is 1.61. The highest BCUT2D eigenvalue weighted by Gasteiger charge is 1.95. The lowest BCUT2D eigenvalue weighted by atomic mass is 10.2. The Hall–Kier alpha value is -1.61. The van der Waals surface area contributed by atoms with Crippen molar-refractivity contribution in [2.75, 3.05) is 13.7 Å². The van der Waals surface area contributed by atoms with Crippen LogP contribution in [0.3, 0.4) is 0 Å². The maximum atomic E-state index is 10.8. The summed E-state index contributed by atoms with van der Waals surface area (Å²) in [7, 11) is 1.41. The highest BCUT2D eigenvalue weighted by molar-refractivity contribution is 5.69. The van der Waals surface area contributed by atoms with E-state index in [0.717, 1.165) is 25.9 Å². The lowest BCUT2D eigenvalue weighted by Crippen LogP contribution is -1.98. The number of esters is 1. The molecule has 0 bridgehead atoms. The summed E-state index contributed by atoms with van der Waals surface area (Å²) >= 11 is 0. The van der Waals surface area contributed by atoms with E-state index >= 15 is 0 Å². The van der Waals surface area contributed by atoms with Crippen LogP contribution in [0.4, 0.5) is 0 Å². The van der Waals surface area contributed by atoms with Gasteiger partial charge in [-0.1, -0.05) is 42.5 Å². The fourth-order valence-corrected chi connectivity index (χ4v) is 1.61. The Morgan fingerprint density at radius 1 is 1.16 bits per heavy atom. The number of carbonyl (C=O) groups is 1. The van der Waals surface area contributed by atoms with Gasteiger partial charge in [0, 0.05) is 13.0 Å². The van der Waals surface area contributed by atoms with E-state index in [-0.39, 0.29) is 5.97 Å². The normalized spacial score (nSPS) is 10.8. The van der Waals surface area contributed by atoms with E-state index in [0.29, 0.717) is 13.0 Å². The summed E-state index contributed by atoms with van der Waals surface area (Å²) in [5.74, 6) is -0.157. The van der Waals surface area contributed by atoms with Crippen molar-refractivity contribution in [1.82, 2.24) is 0 Å². The molecule has 0 aliphatic rings. The molecule has 0 aliphatic heterocycles. The third-order valence-corrected chi connectivity index (χ3v) is 2.68. The number of hydrogen-bond donors (Lipinski definition) is 0. The summed E-state index contributed by atoms with van der Waals surface area (Å²) in [5.41, 5.74) is 1.20. The van der Waals surface area contributed by atoms with Crippen molar-refractivity contribution < 1.29 is 14.3 Å². The minimum Gasteiger partial charge on any atom is -0.469 e. The summed E-state index contributed by atoms with van der Waals surface area (Å²) < 4.78 is 10.1. The van der Waals surface area contributed by atoms with Gasteiger partial charge in [-0.15, -0.1) is 0 Å². The first-order chi connectivity index (χ1) is 9.33. The van der Waals surface area contributed by atoms with E-state index in [1.807, 2.05) is 24.3 Å². The van der Waals surface area contributed by atoms with Gasteiger partial charge in [-0.2, -0.15) is 0 Å². The van der Waals surface area contributed by atoms with Crippen LogP contribution in [0.15, 0.2) is 42.5 Å². The molecular formula is C16H22O3. The predicted octanol–water partition coefficient (Wildman–Crippen LogP) is 3.49. The van der Waals surface area contributed by atoms with Crippen molar-refractivity contribution in [2.45, 2.75) is 32.3 Å². The molecule has 0 saturated heterocycles. The van der Waals surface area contributed by atoms with Crippen molar-refractivity contribution in [2.24, 2.45) is 0 Å². The number of carbonyl (C=O) groups excluding carboxylic acids is 1. The van der Waals surface area contributed by atoms with Gasteiger partial charge in [0.2, 0.25) is 0 Å². The number of rotatable bonds is 9. The zero-order chi connectivity index (χ0) is 13.8. The van der Waals surface area contributed by atoms with Gasteiger partial charge in [-0.3, -0.25) is 4.79 Å². The third kappa shape index (κ3) is 8.16. The standard InChI is InChI=1S/C16H22O3/c1-18-16(17)12-8-3-2-4-9-13-19-14-15-10-6-5-7-11-15/h2-3,5-7,10-11H,4,8-9,12-14H2,1H3/b3-2+. The van der Waals surface area contributed by atoms with Crippen LogP contribution >= 0.6 is 0 Å². The Morgan fingerprint density at radius 3 is 2.63 bits per heavy atom. The van der Waals surface area contributed by atoms with Crippen LogP contribution in [0.25, 0.3) is 0 Å². The van der Waals surface area contributed by atoms with Crippen molar-refractivity contribution in [1.29, 1.82) is 0 Å². The topological polar surface area (TPSA) is 35.5 Å². The van der Waals surface area contributed by atoms with Crippen molar-refractivity contribution >= 4 is 5.97 Å². The molecule has 3 nitrogen and oxygen atoms in total. The summed E-state index contributed by atoms with van der Waals surface area (Å²) in [6.07, 6.45) is 7.30. The monoisotopic (exact) mass is 262 g/mol. The molecule has 3 heteroatoms. The van der Waals surface area contributed by atoms with Crippen molar-refractivity contribution in [3.63, 3.8) is 0 Å². The Labute approximate surface area is 115 Å². The lowest BCUT2D eigenvalue weighted by Gasteiger charge is -2.02. The molecule has 0 fully saturated rings. The quantitative estimate of drug-likeness (QED) is 0.388. The molecule has 0 heterocycles. The summed E-state index contributed by atoms with van der Waals surface area (Å²) in [6.45, 7) is 1.43. The summed E-state index contributed by atoms with van der Waals surface area (Å²) in [4.78, 5) is 10.8. The largest absolute Gasteiger partial charge is 0.469 e. The van der Waals surface area contributed by atoms with Gasteiger partial charge in [0.1, 0.15) is 0 Å². The molecule has 0 aliphatic carbocycles. The predicted molar refractivity (Wildman–Crippen MR) is 75.7 cm³/mol. The first-order valence-corrected chi connectivity index (χ1v) is 6.66. The molecule has 0 radical (unpaired) electrons. The number of unbranched alkanes of at least 4 members (excludes halogenated alkanes) is 1. The van der Waals surface area contributed by atoms with Gasteiger partial charge in [0.05, 0.1) is 13.7 Å². The number of benzene rings is 1. The number of ether oxygens (including phenoxy) is 2. The molecule has 1 rings (SSSR count). The summed E-state index contributed by atoms with van der Waals surface area (Å²) in [5, 5.41) is 0. The molecular weight excluding hydrogens is 240 g/mol. The number of methoxy groups -OCH3 is 1. The van der Waals surface area contributed by atoms with Gasteiger partial charge < -0.3 is 9.47 Å². The van der Waals surface area contributed by atoms with Gasteiger partial charge >= 0.3 is 5.97 Å². The van der Waals surface area contributed by atoms with Crippen LogP contribution in [0, 0.1) is 0 Å². The first kappa shape index (κ1) is 15.4. The molecule has 1 aromatic carbocycles. The zero-order valence-corrected chi connectivity index (χ0v) is 11.5. The van der Waals surface area contributed by atoms with E-state index in [2.05, 4.69) is 22.9 Å². The molecule has 0 aromatic heterocycles. The van der Waals surface area contributed by atoms with Gasteiger partial charge in [0.15, 0.2) is 0 Å². The highest BCUT2D eigenvalue weighted by atomic mass is 16.5. The molecule has 104 valence electrons. The summed E-state index contributed by atoms with van der Waals surface area (Å²) in [6, 6.07) is 10.2. The van der Waals surface area contributed by atoms with Crippen LogP contribution in [0.5, 0.6) is 0 Å². The van der Waals surface area contributed by atoms with Gasteiger partial charge in [-0.25, -0.2) is 0 Å². The van der Waals surface area contributed by atoms with E-state index in [1.165, 1.54) is 12.7 Å². The van der Waals surface area contributed by atoms with E-state index in [9.17, 15) is 4.79 Å².